The largest absolute Gasteiger partial charge is 0.462 e. The number of carbonyl (C=O) groups excluding carboxylic acids is 2. The first-order valence-corrected chi connectivity index (χ1v) is 20.2. The third-order valence-electron chi connectivity index (χ3n) is 8.37. The number of para-hydroxylation sites is 1. The Morgan fingerprint density at radius 1 is 1.00 bits per heavy atom. The van der Waals surface area contributed by atoms with Gasteiger partial charge in [0.2, 0.25) is 6.42 Å². The van der Waals surface area contributed by atoms with Crippen LogP contribution in [0.1, 0.15) is 60.8 Å². The fraction of sp³-hybridized carbons (Fsp3) is 0.263. The summed E-state index contributed by atoms with van der Waals surface area (Å²) in [6.07, 6.45) is 7.81. The summed E-state index contributed by atoms with van der Waals surface area (Å²) in [5, 5.41) is 8.71. The van der Waals surface area contributed by atoms with E-state index in [2.05, 4.69) is 10.3 Å². The predicted octanol–water partition coefficient (Wildman–Crippen LogP) is 8.86. The molecule has 2 heterocycles. The van der Waals surface area contributed by atoms with Gasteiger partial charge in [0.25, 0.3) is 5.91 Å². The molecule has 2 aromatic heterocycles. The molecule has 1 aliphatic rings. The second-order valence-electron chi connectivity index (χ2n) is 12.0. The van der Waals surface area contributed by atoms with Gasteiger partial charge in [0.1, 0.15) is 11.9 Å². The number of fused-ring (bicyclic) bond motifs is 1. The number of amides is 1. The van der Waals surface area contributed by atoms with E-state index in [1.807, 2.05) is 115 Å². The smallest absolute Gasteiger partial charge is 0.309 e. The van der Waals surface area contributed by atoms with Crippen LogP contribution in [0.4, 0.5) is 0 Å². The van der Waals surface area contributed by atoms with Gasteiger partial charge in [0, 0.05) is 34.6 Å². The second kappa shape index (κ2) is 16.0. The highest BCUT2D eigenvalue weighted by Crippen LogP contribution is 2.52. The predicted molar refractivity (Wildman–Crippen MR) is 201 cm³/mol. The van der Waals surface area contributed by atoms with Crippen LogP contribution < -0.4 is 9.84 Å². The van der Waals surface area contributed by atoms with Crippen molar-refractivity contribution >= 4 is 64.9 Å². The lowest BCUT2D eigenvalue weighted by Crippen LogP contribution is -2.27. The zero-order chi connectivity index (χ0) is 34.2. The number of nitrogens with one attached hydrogen (secondary N) is 1. The number of nitrogens with zero attached hydrogens (tertiary/aromatic N) is 3. The van der Waals surface area contributed by atoms with Crippen LogP contribution in [0.25, 0.3) is 23.1 Å². The minimum Gasteiger partial charge on any atom is -0.462 e. The SMILES string of the molecule is CNC(=O)c1ccccc1Sc1ccc2c(/C=C/c3ccccn3)nn(P(=S)(C[C@@H](C)C(=O)OC3CCCCC3)Oc3ccccc3)c2c1. The third-order valence-corrected chi connectivity index (χ3v) is 13.0. The Balaban J connectivity index is 1.43. The highest BCUT2D eigenvalue weighted by molar-refractivity contribution is 8.11. The van der Waals surface area contributed by atoms with Gasteiger partial charge in [-0.1, -0.05) is 61.5 Å². The topological polar surface area (TPSA) is 95.3 Å². The van der Waals surface area contributed by atoms with Crippen LogP contribution in [0.2, 0.25) is 0 Å². The Bertz CT molecular complexity index is 2000. The molecule has 8 nitrogen and oxygen atoms in total. The molecule has 1 unspecified atom stereocenters. The van der Waals surface area contributed by atoms with Gasteiger partial charge < -0.3 is 14.6 Å². The molecule has 0 saturated heterocycles. The highest BCUT2D eigenvalue weighted by atomic mass is 32.4. The summed E-state index contributed by atoms with van der Waals surface area (Å²) in [5.74, 6) is -0.318. The summed E-state index contributed by atoms with van der Waals surface area (Å²) < 4.78 is 14.5. The quantitative estimate of drug-likeness (QED) is 0.101. The number of hydrogen-bond acceptors (Lipinski definition) is 8. The van der Waals surface area contributed by atoms with Crippen LogP contribution in [0, 0.1) is 5.92 Å². The molecule has 49 heavy (non-hydrogen) atoms. The van der Waals surface area contributed by atoms with Crippen molar-refractivity contribution in [1.29, 1.82) is 0 Å². The standard InChI is InChI=1S/C38H39N4O4PS2/c1-27(38(44)45-29-14-5-3-6-15-29)26-47(48,46-30-16-7-4-8-17-30)42-35-25-31(49-36-19-10-9-18-33(36)37(43)39-2)21-22-32(35)34(41-42)23-20-28-13-11-12-24-40-28/h4,7-13,16-25,27,29H,3,5-6,14-15,26H2,1-2H3,(H,39,43)/b23-20+/t27-,47?/m1/s1. The number of rotatable bonds is 12. The van der Waals surface area contributed by atoms with Crippen molar-refractivity contribution < 1.29 is 18.8 Å². The Labute approximate surface area is 296 Å². The van der Waals surface area contributed by atoms with Crippen LogP contribution in [-0.2, 0) is 21.3 Å². The summed E-state index contributed by atoms with van der Waals surface area (Å²) in [6.45, 7) is 1.87. The Kier molecular flexibility index (Phi) is 11.3. The van der Waals surface area contributed by atoms with Crippen LogP contribution in [-0.4, -0.2) is 45.7 Å². The molecular weight excluding hydrogens is 672 g/mol. The van der Waals surface area contributed by atoms with Crippen molar-refractivity contribution in [3.63, 3.8) is 0 Å². The molecule has 5 aromatic rings. The molecule has 0 aliphatic heterocycles. The van der Waals surface area contributed by atoms with E-state index in [9.17, 15) is 9.59 Å². The molecule has 1 aliphatic carbocycles. The van der Waals surface area contributed by atoms with Crippen LogP contribution >= 0.6 is 18.2 Å². The van der Waals surface area contributed by atoms with E-state index in [4.69, 9.17) is 26.2 Å². The van der Waals surface area contributed by atoms with Gasteiger partial charge in [-0.05, 0) is 104 Å². The van der Waals surface area contributed by atoms with Crippen molar-refractivity contribution in [2.24, 2.45) is 5.92 Å². The van der Waals surface area contributed by atoms with E-state index < -0.39 is 12.3 Å². The van der Waals surface area contributed by atoms with Crippen LogP contribution in [0.3, 0.4) is 0 Å². The number of ether oxygens (including phenoxy) is 1. The summed E-state index contributed by atoms with van der Waals surface area (Å²) in [7, 11) is 1.62. The Hall–Kier alpha value is -4.24. The van der Waals surface area contributed by atoms with E-state index in [1.54, 1.807) is 13.2 Å². The molecule has 2 atom stereocenters. The van der Waals surface area contributed by atoms with Crippen molar-refractivity contribution in [2.75, 3.05) is 13.2 Å². The first-order valence-electron chi connectivity index (χ1n) is 16.5. The maximum atomic E-state index is 13.5. The van der Waals surface area contributed by atoms with Gasteiger partial charge in [-0.15, -0.1) is 0 Å². The van der Waals surface area contributed by atoms with Crippen molar-refractivity contribution in [2.45, 2.75) is 54.9 Å². The zero-order valence-corrected chi connectivity index (χ0v) is 30.1. The van der Waals surface area contributed by atoms with E-state index in [0.29, 0.717) is 17.0 Å². The molecule has 0 radical (unpaired) electrons. The number of benzene rings is 3. The number of carbonyl (C=O) groups is 2. The van der Waals surface area contributed by atoms with E-state index in [1.165, 1.54) is 18.2 Å². The van der Waals surface area contributed by atoms with Crippen molar-refractivity contribution in [3.05, 3.63) is 114 Å². The van der Waals surface area contributed by atoms with E-state index >= 15 is 0 Å². The molecular formula is C38H39N4O4PS2. The first kappa shape index (κ1) is 34.6. The molecule has 252 valence electrons. The summed E-state index contributed by atoms with van der Waals surface area (Å²) in [5.41, 5.74) is 2.86. The number of aromatic nitrogens is 3. The average Bonchev–Trinajstić information content (AvgIpc) is 3.50. The molecule has 6 rings (SSSR count). The Morgan fingerprint density at radius 2 is 1.76 bits per heavy atom. The van der Waals surface area contributed by atoms with Gasteiger partial charge in [-0.2, -0.15) is 5.10 Å². The maximum absolute atomic E-state index is 13.5. The molecule has 11 heteroatoms. The number of pyridine rings is 1. The van der Waals surface area contributed by atoms with Gasteiger partial charge >= 0.3 is 5.97 Å². The second-order valence-corrected chi connectivity index (χ2v) is 17.1. The lowest BCUT2D eigenvalue weighted by Gasteiger charge is -2.28. The van der Waals surface area contributed by atoms with E-state index in [-0.39, 0.29) is 24.1 Å². The molecule has 1 fully saturated rings. The normalized spacial score (nSPS) is 15.5. The molecule has 0 spiro atoms. The highest BCUT2D eigenvalue weighted by Gasteiger charge is 2.33. The average molecular weight is 711 g/mol. The first-order chi connectivity index (χ1) is 23.8. The number of esters is 1. The summed E-state index contributed by atoms with van der Waals surface area (Å²) in [6, 6.07) is 28.8. The van der Waals surface area contributed by atoms with Crippen LogP contribution in [0.5, 0.6) is 5.75 Å². The van der Waals surface area contributed by atoms with Gasteiger partial charge in [0.05, 0.1) is 28.4 Å². The summed E-state index contributed by atoms with van der Waals surface area (Å²) in [4.78, 5) is 32.3. The molecule has 1 amide bonds. The fourth-order valence-electron chi connectivity index (χ4n) is 5.85. The van der Waals surface area contributed by atoms with Gasteiger partial charge in [-0.3, -0.25) is 14.6 Å². The molecule has 3 aromatic carbocycles. The van der Waals surface area contributed by atoms with Gasteiger partial charge in [0.15, 0.2) is 0 Å². The fourth-order valence-corrected chi connectivity index (χ4v) is 10.5. The van der Waals surface area contributed by atoms with Crippen molar-refractivity contribution in [1.82, 2.24) is 19.9 Å². The molecule has 1 saturated carbocycles. The zero-order valence-electron chi connectivity index (χ0n) is 27.5. The van der Waals surface area contributed by atoms with Gasteiger partial charge in [-0.25, -0.2) is 4.45 Å². The van der Waals surface area contributed by atoms with E-state index in [0.717, 1.165) is 52.1 Å². The minimum atomic E-state index is -3.09. The lowest BCUT2D eigenvalue weighted by molar-refractivity contribution is -0.154. The Morgan fingerprint density at radius 3 is 2.51 bits per heavy atom. The maximum Gasteiger partial charge on any atom is 0.309 e. The lowest BCUT2D eigenvalue weighted by atomic mass is 9.98. The van der Waals surface area contributed by atoms with Crippen molar-refractivity contribution in [3.8, 4) is 5.75 Å². The molecule has 0 bridgehead atoms. The minimum absolute atomic E-state index is 0.0530. The third kappa shape index (κ3) is 8.50. The summed E-state index contributed by atoms with van der Waals surface area (Å²) >= 11 is 7.98. The number of hydrogen-bond donors (Lipinski definition) is 1. The van der Waals surface area contributed by atoms with Crippen LogP contribution in [0.15, 0.2) is 107 Å². The monoisotopic (exact) mass is 710 g/mol. The molecule has 1 N–H and O–H groups in total.